The monoisotopic (exact) mass is 381 g/mol. The van der Waals surface area contributed by atoms with Crippen LogP contribution in [0.25, 0.3) is 0 Å². The number of amides is 2. The molecule has 2 N–H and O–H groups in total. The fourth-order valence-corrected chi connectivity index (χ4v) is 2.91. The minimum atomic E-state index is -0.470. The average Bonchev–Trinajstić information content (AvgIpc) is 3.09. The summed E-state index contributed by atoms with van der Waals surface area (Å²) in [7, 11) is 0. The number of thiazole rings is 1. The van der Waals surface area contributed by atoms with E-state index in [-0.39, 0.29) is 23.9 Å². The lowest BCUT2D eigenvalue weighted by molar-refractivity contribution is -0.115. The van der Waals surface area contributed by atoms with E-state index in [0.29, 0.717) is 22.1 Å². The third-order valence-electron chi connectivity index (χ3n) is 3.44. The Labute approximate surface area is 158 Å². The summed E-state index contributed by atoms with van der Waals surface area (Å²) in [5.74, 6) is -0.780. The van der Waals surface area contributed by atoms with Gasteiger partial charge in [-0.25, -0.2) is 15.0 Å². The van der Waals surface area contributed by atoms with Crippen LogP contribution in [0.1, 0.15) is 33.6 Å². The van der Waals surface area contributed by atoms with Crippen molar-refractivity contribution in [1.29, 1.82) is 0 Å². The molecule has 9 heteroatoms. The van der Waals surface area contributed by atoms with Gasteiger partial charge >= 0.3 is 0 Å². The van der Waals surface area contributed by atoms with Crippen LogP contribution in [0.15, 0.2) is 48.1 Å². The second-order valence-corrected chi connectivity index (χ2v) is 6.39. The molecular weight excluding hydrogens is 366 g/mol. The van der Waals surface area contributed by atoms with E-state index in [1.54, 1.807) is 35.7 Å². The number of benzene rings is 1. The Bertz CT molecular complexity index is 987. The quantitative estimate of drug-likeness (QED) is 0.634. The van der Waals surface area contributed by atoms with Gasteiger partial charge in [-0.1, -0.05) is 12.1 Å². The van der Waals surface area contributed by atoms with Crippen molar-refractivity contribution in [3.05, 3.63) is 65.2 Å². The van der Waals surface area contributed by atoms with Crippen molar-refractivity contribution >= 4 is 39.8 Å². The summed E-state index contributed by atoms with van der Waals surface area (Å²) in [6.07, 6.45) is 2.99. The third-order valence-corrected chi connectivity index (χ3v) is 4.24. The molecule has 0 aliphatic heterocycles. The van der Waals surface area contributed by atoms with Crippen LogP contribution in [0.2, 0.25) is 0 Å². The molecule has 0 radical (unpaired) electrons. The number of rotatable bonds is 6. The highest BCUT2D eigenvalue weighted by atomic mass is 32.1. The fraction of sp³-hybridized carbons (Fsp3) is 0.111. The number of hydrogen-bond acceptors (Lipinski definition) is 7. The standard InChI is InChI=1S/C18H15N5O3S/c1-11(24)12-4-2-5-13(8-12)21-15(25)9-14-10-27-18(22-14)23-17(26)16-19-6-3-7-20-16/h2-8,10H,9H2,1H3,(H,21,25)(H,22,23,26). The van der Waals surface area contributed by atoms with Crippen molar-refractivity contribution in [3.63, 3.8) is 0 Å². The molecule has 0 bridgehead atoms. The number of Topliss-reactive ketones (excluding diaryl/α,β-unsaturated/α-hetero) is 1. The Morgan fingerprint density at radius 3 is 2.59 bits per heavy atom. The van der Waals surface area contributed by atoms with Crippen LogP contribution in [-0.4, -0.2) is 32.5 Å². The van der Waals surface area contributed by atoms with Crippen LogP contribution in [0.3, 0.4) is 0 Å². The molecule has 2 aromatic heterocycles. The number of hydrogen-bond donors (Lipinski definition) is 2. The van der Waals surface area contributed by atoms with E-state index in [1.165, 1.54) is 30.7 Å². The number of aromatic nitrogens is 3. The zero-order valence-corrected chi connectivity index (χ0v) is 15.1. The van der Waals surface area contributed by atoms with Gasteiger partial charge in [-0.2, -0.15) is 0 Å². The molecule has 0 saturated heterocycles. The second kappa shape index (κ2) is 8.28. The average molecular weight is 381 g/mol. The molecule has 0 aliphatic carbocycles. The van der Waals surface area contributed by atoms with Gasteiger partial charge in [0.2, 0.25) is 11.7 Å². The molecule has 0 fully saturated rings. The first kappa shape index (κ1) is 18.3. The van der Waals surface area contributed by atoms with Crippen LogP contribution < -0.4 is 10.6 Å². The van der Waals surface area contributed by atoms with Crippen molar-refractivity contribution in [3.8, 4) is 0 Å². The van der Waals surface area contributed by atoms with E-state index in [4.69, 9.17) is 0 Å². The number of anilines is 2. The summed E-state index contributed by atoms with van der Waals surface area (Å²) in [5, 5.41) is 7.37. The topological polar surface area (TPSA) is 114 Å². The molecule has 0 saturated carbocycles. The molecule has 0 atom stereocenters. The Morgan fingerprint density at radius 1 is 1.07 bits per heavy atom. The Kier molecular flexibility index (Phi) is 5.62. The Hall–Kier alpha value is -3.46. The summed E-state index contributed by atoms with van der Waals surface area (Å²) >= 11 is 1.20. The Balaban J connectivity index is 1.59. The van der Waals surface area contributed by atoms with E-state index < -0.39 is 5.91 Å². The summed E-state index contributed by atoms with van der Waals surface area (Å²) in [6.45, 7) is 1.46. The summed E-state index contributed by atoms with van der Waals surface area (Å²) < 4.78 is 0. The van der Waals surface area contributed by atoms with Crippen LogP contribution >= 0.6 is 11.3 Å². The van der Waals surface area contributed by atoms with Gasteiger partial charge in [-0.05, 0) is 25.1 Å². The van der Waals surface area contributed by atoms with Gasteiger partial charge in [0.15, 0.2) is 10.9 Å². The van der Waals surface area contributed by atoms with Crippen LogP contribution in [-0.2, 0) is 11.2 Å². The van der Waals surface area contributed by atoms with Gasteiger partial charge in [0.05, 0.1) is 12.1 Å². The van der Waals surface area contributed by atoms with Gasteiger partial charge < -0.3 is 5.32 Å². The van der Waals surface area contributed by atoms with Gasteiger partial charge in [-0.15, -0.1) is 11.3 Å². The molecule has 2 amide bonds. The zero-order chi connectivity index (χ0) is 19.2. The summed E-state index contributed by atoms with van der Waals surface area (Å²) in [6, 6.07) is 8.32. The molecule has 1 aromatic carbocycles. The van der Waals surface area contributed by atoms with Gasteiger partial charge in [0.25, 0.3) is 5.91 Å². The highest BCUT2D eigenvalue weighted by Crippen LogP contribution is 2.17. The molecular formula is C18H15N5O3S. The molecule has 136 valence electrons. The van der Waals surface area contributed by atoms with Crippen molar-refractivity contribution in [2.75, 3.05) is 10.6 Å². The predicted molar refractivity (Wildman–Crippen MR) is 101 cm³/mol. The van der Waals surface area contributed by atoms with Gasteiger partial charge in [0.1, 0.15) is 0 Å². The third kappa shape index (κ3) is 5.02. The lowest BCUT2D eigenvalue weighted by Crippen LogP contribution is -2.16. The SMILES string of the molecule is CC(=O)c1cccc(NC(=O)Cc2csc(NC(=O)c3ncccn3)n2)c1. The van der Waals surface area contributed by atoms with Crippen LogP contribution in [0, 0.1) is 0 Å². The maximum Gasteiger partial charge on any atom is 0.295 e. The van der Waals surface area contributed by atoms with Crippen molar-refractivity contribution < 1.29 is 14.4 Å². The van der Waals surface area contributed by atoms with E-state index in [9.17, 15) is 14.4 Å². The van der Waals surface area contributed by atoms with Crippen molar-refractivity contribution in [1.82, 2.24) is 15.0 Å². The maximum atomic E-state index is 12.2. The normalized spacial score (nSPS) is 10.3. The minimum Gasteiger partial charge on any atom is -0.326 e. The molecule has 27 heavy (non-hydrogen) atoms. The molecule has 3 aromatic rings. The van der Waals surface area contributed by atoms with Crippen molar-refractivity contribution in [2.45, 2.75) is 13.3 Å². The summed E-state index contributed by atoms with van der Waals surface area (Å²) in [5.41, 5.74) is 1.58. The first-order valence-corrected chi connectivity index (χ1v) is 8.83. The summed E-state index contributed by atoms with van der Waals surface area (Å²) in [4.78, 5) is 47.5. The van der Waals surface area contributed by atoms with Gasteiger partial charge in [-0.3, -0.25) is 19.7 Å². The number of ketones is 1. The smallest absolute Gasteiger partial charge is 0.295 e. The van der Waals surface area contributed by atoms with E-state index in [0.717, 1.165) is 0 Å². The van der Waals surface area contributed by atoms with E-state index >= 15 is 0 Å². The van der Waals surface area contributed by atoms with E-state index in [2.05, 4.69) is 25.6 Å². The first-order valence-electron chi connectivity index (χ1n) is 7.95. The Morgan fingerprint density at radius 2 is 1.85 bits per heavy atom. The zero-order valence-electron chi connectivity index (χ0n) is 14.3. The molecule has 0 spiro atoms. The number of nitrogens with one attached hydrogen (secondary N) is 2. The van der Waals surface area contributed by atoms with Crippen LogP contribution in [0.4, 0.5) is 10.8 Å². The molecule has 0 aliphatic rings. The number of carbonyl (C=O) groups excluding carboxylic acids is 3. The lowest BCUT2D eigenvalue weighted by atomic mass is 10.1. The van der Waals surface area contributed by atoms with E-state index in [1.807, 2.05) is 0 Å². The fourth-order valence-electron chi connectivity index (χ4n) is 2.20. The first-order chi connectivity index (χ1) is 13.0. The van der Waals surface area contributed by atoms with Crippen LogP contribution in [0.5, 0.6) is 0 Å². The van der Waals surface area contributed by atoms with Crippen molar-refractivity contribution in [2.24, 2.45) is 0 Å². The maximum absolute atomic E-state index is 12.2. The lowest BCUT2D eigenvalue weighted by Gasteiger charge is -2.05. The molecule has 8 nitrogen and oxygen atoms in total. The molecule has 0 unspecified atom stereocenters. The predicted octanol–water partition coefficient (Wildman–Crippen LogP) is 2.57. The number of nitrogens with zero attached hydrogens (tertiary/aromatic N) is 3. The molecule has 2 heterocycles. The largest absolute Gasteiger partial charge is 0.326 e. The minimum absolute atomic E-state index is 0.0392. The number of carbonyl (C=O) groups is 3. The highest BCUT2D eigenvalue weighted by Gasteiger charge is 2.13. The molecule has 3 rings (SSSR count). The highest BCUT2D eigenvalue weighted by molar-refractivity contribution is 7.14. The second-order valence-electron chi connectivity index (χ2n) is 5.53. The van der Waals surface area contributed by atoms with Gasteiger partial charge in [0, 0.05) is 29.0 Å².